The normalized spacial score (nSPS) is 12.3. The molecule has 1 aromatic rings. The van der Waals surface area contributed by atoms with Gasteiger partial charge in [0.15, 0.2) is 0 Å². The Bertz CT molecular complexity index is 411. The molecule has 0 saturated heterocycles. The molecule has 0 aliphatic carbocycles. The highest BCUT2D eigenvalue weighted by Crippen LogP contribution is 2.21. The van der Waals surface area contributed by atoms with Crippen LogP contribution in [0.1, 0.15) is 22.7 Å². The van der Waals surface area contributed by atoms with Crippen molar-refractivity contribution in [3.05, 3.63) is 34.6 Å². The van der Waals surface area contributed by atoms with Gasteiger partial charge in [0.1, 0.15) is 12.4 Å². The number of halogens is 1. The number of nitrogens with two attached hydrogens (primary N) is 1. The first-order valence-corrected chi connectivity index (χ1v) is 5.62. The molecule has 0 heterocycles. The van der Waals surface area contributed by atoms with Crippen LogP contribution in [0, 0.1) is 19.7 Å². The predicted octanol–water partition coefficient (Wildman–Crippen LogP) is 1.63. The van der Waals surface area contributed by atoms with E-state index in [1.54, 1.807) is 13.8 Å². The number of rotatable bonds is 5. The van der Waals surface area contributed by atoms with Crippen LogP contribution in [0.5, 0.6) is 0 Å². The van der Waals surface area contributed by atoms with Crippen LogP contribution < -0.4 is 5.73 Å². The Morgan fingerprint density at radius 2 is 1.94 bits per heavy atom. The van der Waals surface area contributed by atoms with Gasteiger partial charge >= 0.3 is 5.97 Å². The molecule has 1 atom stereocenters. The summed E-state index contributed by atoms with van der Waals surface area (Å²) in [7, 11) is 1.29. The highest BCUT2D eigenvalue weighted by atomic mass is 19.1. The first-order chi connectivity index (χ1) is 8.45. The lowest BCUT2D eigenvalue weighted by Gasteiger charge is -2.17. The SMILES string of the molecule is COC(=O)COCC(N)c1c(C)cc(F)cc1C. The van der Waals surface area contributed by atoms with Crippen LogP contribution >= 0.6 is 0 Å². The van der Waals surface area contributed by atoms with Crippen molar-refractivity contribution in [3.63, 3.8) is 0 Å². The first-order valence-electron chi connectivity index (χ1n) is 5.62. The van der Waals surface area contributed by atoms with Crippen LogP contribution in [-0.2, 0) is 14.3 Å². The maximum absolute atomic E-state index is 13.1. The molecule has 1 aromatic carbocycles. The van der Waals surface area contributed by atoms with Crippen LogP contribution in [0.4, 0.5) is 4.39 Å². The van der Waals surface area contributed by atoms with E-state index in [-0.39, 0.29) is 19.0 Å². The summed E-state index contributed by atoms with van der Waals surface area (Å²) in [6.07, 6.45) is 0. The van der Waals surface area contributed by atoms with E-state index in [9.17, 15) is 9.18 Å². The highest BCUT2D eigenvalue weighted by molar-refractivity contribution is 5.70. The molecule has 4 nitrogen and oxygen atoms in total. The number of aryl methyl sites for hydroxylation is 2. The zero-order chi connectivity index (χ0) is 13.7. The zero-order valence-electron chi connectivity index (χ0n) is 10.8. The molecule has 1 unspecified atom stereocenters. The van der Waals surface area contributed by atoms with Crippen molar-refractivity contribution in [3.8, 4) is 0 Å². The van der Waals surface area contributed by atoms with Gasteiger partial charge in [-0.05, 0) is 42.7 Å². The van der Waals surface area contributed by atoms with Crippen molar-refractivity contribution in [2.24, 2.45) is 5.73 Å². The largest absolute Gasteiger partial charge is 0.467 e. The minimum atomic E-state index is -0.449. The lowest BCUT2D eigenvalue weighted by molar-refractivity contribution is -0.146. The molecule has 0 aliphatic rings. The van der Waals surface area contributed by atoms with Crippen molar-refractivity contribution in [2.45, 2.75) is 19.9 Å². The molecule has 0 bridgehead atoms. The molecule has 18 heavy (non-hydrogen) atoms. The average molecular weight is 255 g/mol. The number of carbonyl (C=O) groups is 1. The van der Waals surface area contributed by atoms with Crippen LogP contribution in [0.2, 0.25) is 0 Å². The molecule has 2 N–H and O–H groups in total. The average Bonchev–Trinajstić information content (AvgIpc) is 2.27. The van der Waals surface area contributed by atoms with Crippen molar-refractivity contribution in [2.75, 3.05) is 20.3 Å². The lowest BCUT2D eigenvalue weighted by atomic mass is 9.97. The second-order valence-electron chi connectivity index (χ2n) is 4.15. The summed E-state index contributed by atoms with van der Waals surface area (Å²) in [4.78, 5) is 10.9. The van der Waals surface area contributed by atoms with Crippen LogP contribution in [0.25, 0.3) is 0 Å². The molecule has 5 heteroatoms. The Balaban J connectivity index is 2.67. The summed E-state index contributed by atoms with van der Waals surface area (Å²) in [5.74, 6) is -0.730. The number of ether oxygens (including phenoxy) is 2. The van der Waals surface area contributed by atoms with E-state index in [0.717, 1.165) is 16.7 Å². The van der Waals surface area contributed by atoms with E-state index in [0.29, 0.717) is 0 Å². The van der Waals surface area contributed by atoms with Crippen molar-refractivity contribution >= 4 is 5.97 Å². The number of methoxy groups -OCH3 is 1. The molecule has 0 fully saturated rings. The Kier molecular flexibility index (Phi) is 5.25. The van der Waals surface area contributed by atoms with Gasteiger partial charge in [-0.15, -0.1) is 0 Å². The molecule has 100 valence electrons. The van der Waals surface area contributed by atoms with Gasteiger partial charge in [-0.25, -0.2) is 9.18 Å². The molecule has 0 amide bonds. The Hall–Kier alpha value is -1.46. The van der Waals surface area contributed by atoms with Gasteiger partial charge in [-0.1, -0.05) is 0 Å². The molecule has 0 aromatic heterocycles. The third kappa shape index (κ3) is 3.78. The third-order valence-electron chi connectivity index (χ3n) is 2.67. The van der Waals surface area contributed by atoms with Gasteiger partial charge in [0, 0.05) is 0 Å². The van der Waals surface area contributed by atoms with Gasteiger partial charge in [-0.2, -0.15) is 0 Å². The number of benzene rings is 1. The van der Waals surface area contributed by atoms with Gasteiger partial charge in [0.05, 0.1) is 19.8 Å². The fraction of sp³-hybridized carbons (Fsp3) is 0.462. The second kappa shape index (κ2) is 6.47. The zero-order valence-corrected chi connectivity index (χ0v) is 10.8. The molecule has 1 rings (SSSR count). The number of hydrogen-bond acceptors (Lipinski definition) is 4. The predicted molar refractivity (Wildman–Crippen MR) is 65.6 cm³/mol. The minimum absolute atomic E-state index is 0.135. The summed E-state index contributed by atoms with van der Waals surface area (Å²) in [5, 5.41) is 0. The second-order valence-corrected chi connectivity index (χ2v) is 4.15. The van der Waals surface area contributed by atoms with Gasteiger partial charge in [0.25, 0.3) is 0 Å². The van der Waals surface area contributed by atoms with E-state index < -0.39 is 12.0 Å². The molecule has 0 spiro atoms. The van der Waals surface area contributed by atoms with Crippen molar-refractivity contribution < 1.29 is 18.7 Å². The highest BCUT2D eigenvalue weighted by Gasteiger charge is 2.14. The van der Waals surface area contributed by atoms with E-state index in [1.165, 1.54) is 19.2 Å². The molecule has 0 aliphatic heterocycles. The summed E-state index contributed by atoms with van der Waals surface area (Å²) >= 11 is 0. The molecular weight excluding hydrogens is 237 g/mol. The van der Waals surface area contributed by atoms with Crippen molar-refractivity contribution in [1.29, 1.82) is 0 Å². The summed E-state index contributed by atoms with van der Waals surface area (Å²) in [6.45, 7) is 3.64. The monoisotopic (exact) mass is 255 g/mol. The van der Waals surface area contributed by atoms with Gasteiger partial charge < -0.3 is 15.2 Å². The summed E-state index contributed by atoms with van der Waals surface area (Å²) in [6, 6.07) is 2.47. The van der Waals surface area contributed by atoms with Gasteiger partial charge in [0.2, 0.25) is 0 Å². The number of esters is 1. The first kappa shape index (κ1) is 14.6. The minimum Gasteiger partial charge on any atom is -0.467 e. The van der Waals surface area contributed by atoms with E-state index >= 15 is 0 Å². The quantitative estimate of drug-likeness (QED) is 0.812. The van der Waals surface area contributed by atoms with Crippen LogP contribution in [0.15, 0.2) is 12.1 Å². The Labute approximate surface area is 106 Å². The number of hydrogen-bond donors (Lipinski definition) is 1. The fourth-order valence-electron chi connectivity index (χ4n) is 1.92. The topological polar surface area (TPSA) is 61.5 Å². The fourth-order valence-corrected chi connectivity index (χ4v) is 1.92. The van der Waals surface area contributed by atoms with Crippen molar-refractivity contribution in [1.82, 2.24) is 0 Å². The van der Waals surface area contributed by atoms with E-state index in [1.807, 2.05) is 0 Å². The number of carbonyl (C=O) groups excluding carboxylic acids is 1. The van der Waals surface area contributed by atoms with Crippen LogP contribution in [0.3, 0.4) is 0 Å². The standard InChI is InChI=1S/C13H18FNO3/c1-8-4-10(14)5-9(2)13(8)11(15)6-18-7-12(16)17-3/h4-5,11H,6-7,15H2,1-3H3. The summed E-state index contributed by atoms with van der Waals surface area (Å²) < 4.78 is 22.7. The lowest BCUT2D eigenvalue weighted by Crippen LogP contribution is -2.22. The maximum Gasteiger partial charge on any atom is 0.331 e. The van der Waals surface area contributed by atoms with Crippen LogP contribution in [-0.4, -0.2) is 26.3 Å². The van der Waals surface area contributed by atoms with E-state index in [2.05, 4.69) is 4.74 Å². The Morgan fingerprint density at radius 3 is 2.44 bits per heavy atom. The molecular formula is C13H18FNO3. The van der Waals surface area contributed by atoms with Gasteiger partial charge in [-0.3, -0.25) is 0 Å². The third-order valence-corrected chi connectivity index (χ3v) is 2.67. The Morgan fingerprint density at radius 1 is 1.39 bits per heavy atom. The van der Waals surface area contributed by atoms with E-state index in [4.69, 9.17) is 10.5 Å². The molecule has 0 radical (unpaired) electrons. The smallest absolute Gasteiger partial charge is 0.331 e. The summed E-state index contributed by atoms with van der Waals surface area (Å²) in [5.41, 5.74) is 8.38. The molecule has 0 saturated carbocycles. The maximum atomic E-state index is 13.1.